The molecular weight excluding hydrogens is 402 g/mol. The second-order valence-corrected chi connectivity index (χ2v) is 8.10. The van der Waals surface area contributed by atoms with E-state index in [0.717, 1.165) is 24.0 Å². The monoisotopic (exact) mass is 426 g/mol. The van der Waals surface area contributed by atoms with Crippen molar-refractivity contribution in [2.45, 2.75) is 19.9 Å². The highest BCUT2D eigenvalue weighted by Gasteiger charge is 2.26. The number of benzene rings is 2. The fourth-order valence-electron chi connectivity index (χ4n) is 4.24. The first-order valence-corrected chi connectivity index (χ1v) is 10.4. The van der Waals surface area contributed by atoms with Crippen molar-refractivity contribution >= 4 is 27.6 Å². The molecule has 0 radical (unpaired) electrons. The number of aromatic amines is 2. The van der Waals surface area contributed by atoms with Crippen LogP contribution in [0.25, 0.3) is 33.5 Å². The predicted molar refractivity (Wildman–Crippen MR) is 117 cm³/mol. The maximum atomic E-state index is 15.4. The van der Waals surface area contributed by atoms with Crippen LogP contribution >= 0.6 is 0 Å². The average molecular weight is 426 g/mol. The average Bonchev–Trinajstić information content (AvgIpc) is 3.37. The van der Waals surface area contributed by atoms with E-state index in [1.165, 1.54) is 6.07 Å². The van der Waals surface area contributed by atoms with Crippen molar-refractivity contribution in [2.75, 3.05) is 38.2 Å². The fourth-order valence-corrected chi connectivity index (χ4v) is 4.24. The Hall–Kier alpha value is -3.20. The molecule has 0 unspecified atom stereocenters. The minimum absolute atomic E-state index is 0.0116. The lowest BCUT2D eigenvalue weighted by atomic mass is 10.2. The van der Waals surface area contributed by atoms with Crippen LogP contribution in [0.5, 0.6) is 5.75 Å². The van der Waals surface area contributed by atoms with E-state index in [1.54, 1.807) is 12.0 Å². The highest BCUT2D eigenvalue weighted by Crippen LogP contribution is 2.34. The summed E-state index contributed by atoms with van der Waals surface area (Å²) in [4.78, 5) is 11.5. The zero-order valence-corrected chi connectivity index (χ0v) is 17.7. The third-order valence-electron chi connectivity index (χ3n) is 6.00. The molecular formula is C22H24F2N6O. The zero-order valence-electron chi connectivity index (χ0n) is 17.7. The van der Waals surface area contributed by atoms with Crippen LogP contribution in [0.15, 0.2) is 24.3 Å². The molecule has 2 aromatic heterocycles. The third kappa shape index (κ3) is 3.29. The van der Waals surface area contributed by atoms with Crippen molar-refractivity contribution < 1.29 is 13.5 Å². The Kier molecular flexibility index (Phi) is 4.77. The highest BCUT2D eigenvalue weighted by molar-refractivity contribution is 5.94. The van der Waals surface area contributed by atoms with Crippen LogP contribution in [-0.4, -0.2) is 64.4 Å². The number of H-pyrrole nitrogens is 2. The first-order valence-electron chi connectivity index (χ1n) is 10.4. The van der Waals surface area contributed by atoms with Crippen LogP contribution in [0.2, 0.25) is 0 Å². The lowest BCUT2D eigenvalue weighted by Crippen LogP contribution is -2.49. The first kappa shape index (κ1) is 19.7. The van der Waals surface area contributed by atoms with Crippen molar-refractivity contribution in [1.29, 1.82) is 0 Å². The molecule has 4 aromatic rings. The molecule has 3 heterocycles. The van der Waals surface area contributed by atoms with Gasteiger partial charge in [-0.15, -0.1) is 0 Å². The van der Waals surface area contributed by atoms with Crippen LogP contribution in [0.4, 0.5) is 14.5 Å². The number of hydrogen-bond acceptors (Lipinski definition) is 5. The second kappa shape index (κ2) is 7.49. The SMILES string of the molecule is COc1ccc2[nH]nc(-c3nc4c(F)c(N5CCN(C(C)C)CC5)c(F)cc4[nH]3)c2c1. The summed E-state index contributed by atoms with van der Waals surface area (Å²) in [6, 6.07) is 7.23. The Morgan fingerprint density at radius 1 is 1.06 bits per heavy atom. The maximum Gasteiger partial charge on any atom is 0.177 e. The minimum atomic E-state index is -0.645. The molecule has 162 valence electrons. The standard InChI is InChI=1S/C22H24F2N6O/c1-12(2)29-6-8-30(9-7-29)21-15(23)11-17-20(18(21)24)26-22(25-17)19-14-10-13(31-3)4-5-16(14)27-28-19/h4-5,10-12H,6-9H2,1-3H3,(H,25,26)(H,27,28). The lowest BCUT2D eigenvalue weighted by Gasteiger charge is -2.38. The van der Waals surface area contributed by atoms with Gasteiger partial charge in [0.05, 0.1) is 18.1 Å². The number of ether oxygens (including phenoxy) is 1. The number of imidazole rings is 1. The van der Waals surface area contributed by atoms with E-state index in [9.17, 15) is 4.39 Å². The van der Waals surface area contributed by atoms with E-state index in [0.29, 0.717) is 41.9 Å². The molecule has 2 aromatic carbocycles. The number of rotatable bonds is 4. The number of halogens is 2. The van der Waals surface area contributed by atoms with Gasteiger partial charge in [-0.1, -0.05) is 0 Å². The largest absolute Gasteiger partial charge is 0.497 e. The van der Waals surface area contributed by atoms with Crippen molar-refractivity contribution in [2.24, 2.45) is 0 Å². The molecule has 1 fully saturated rings. The van der Waals surface area contributed by atoms with Gasteiger partial charge in [0.2, 0.25) is 0 Å². The number of methoxy groups -OCH3 is 1. The van der Waals surface area contributed by atoms with Gasteiger partial charge in [0.25, 0.3) is 0 Å². The van der Waals surface area contributed by atoms with E-state index >= 15 is 4.39 Å². The topological polar surface area (TPSA) is 73.1 Å². The summed E-state index contributed by atoms with van der Waals surface area (Å²) in [5, 5.41) is 8.04. The van der Waals surface area contributed by atoms with Gasteiger partial charge < -0.3 is 14.6 Å². The molecule has 7 nitrogen and oxygen atoms in total. The van der Waals surface area contributed by atoms with Gasteiger partial charge in [0, 0.05) is 43.7 Å². The van der Waals surface area contributed by atoms with Crippen LogP contribution in [0.1, 0.15) is 13.8 Å². The number of nitrogens with one attached hydrogen (secondary N) is 2. The molecule has 1 aliphatic rings. The predicted octanol–water partition coefficient (Wildman–Crippen LogP) is 3.92. The zero-order chi connectivity index (χ0) is 21.7. The molecule has 0 atom stereocenters. The highest BCUT2D eigenvalue weighted by atomic mass is 19.1. The summed E-state index contributed by atoms with van der Waals surface area (Å²) in [6.07, 6.45) is 0. The molecule has 2 N–H and O–H groups in total. The molecule has 5 rings (SSSR count). The summed E-state index contributed by atoms with van der Waals surface area (Å²) in [5.74, 6) is -0.194. The summed E-state index contributed by atoms with van der Waals surface area (Å²) < 4.78 is 35.7. The maximum absolute atomic E-state index is 15.4. The van der Waals surface area contributed by atoms with Crippen LogP contribution in [0.3, 0.4) is 0 Å². The van der Waals surface area contributed by atoms with E-state index < -0.39 is 11.6 Å². The molecule has 0 amide bonds. The van der Waals surface area contributed by atoms with Gasteiger partial charge in [-0.3, -0.25) is 10.00 Å². The number of aromatic nitrogens is 4. The van der Waals surface area contributed by atoms with Gasteiger partial charge >= 0.3 is 0 Å². The Balaban J connectivity index is 1.55. The smallest absolute Gasteiger partial charge is 0.177 e. The molecule has 0 spiro atoms. The first-order chi connectivity index (χ1) is 15.0. The Morgan fingerprint density at radius 2 is 1.84 bits per heavy atom. The molecule has 0 aliphatic carbocycles. The molecule has 31 heavy (non-hydrogen) atoms. The quantitative estimate of drug-likeness (QED) is 0.518. The Bertz CT molecular complexity index is 1260. The number of nitrogens with zero attached hydrogens (tertiary/aromatic N) is 4. The lowest BCUT2D eigenvalue weighted by molar-refractivity contribution is 0.208. The van der Waals surface area contributed by atoms with Gasteiger partial charge in [-0.25, -0.2) is 13.8 Å². The summed E-state index contributed by atoms with van der Waals surface area (Å²) in [6.45, 7) is 6.92. The molecule has 0 bridgehead atoms. The van der Waals surface area contributed by atoms with Crippen molar-refractivity contribution in [1.82, 2.24) is 25.1 Å². The van der Waals surface area contributed by atoms with Gasteiger partial charge in [0.1, 0.15) is 22.6 Å². The van der Waals surface area contributed by atoms with Crippen molar-refractivity contribution in [3.8, 4) is 17.3 Å². The van der Waals surface area contributed by atoms with E-state index in [1.807, 2.05) is 18.2 Å². The van der Waals surface area contributed by atoms with Gasteiger partial charge in [0.15, 0.2) is 17.5 Å². The minimum Gasteiger partial charge on any atom is -0.497 e. The third-order valence-corrected chi connectivity index (χ3v) is 6.00. The van der Waals surface area contributed by atoms with Crippen molar-refractivity contribution in [3.63, 3.8) is 0 Å². The number of fused-ring (bicyclic) bond motifs is 2. The fraction of sp³-hybridized carbons (Fsp3) is 0.364. The van der Waals surface area contributed by atoms with Gasteiger partial charge in [-0.2, -0.15) is 5.10 Å². The molecule has 1 aliphatic heterocycles. The van der Waals surface area contributed by atoms with Crippen LogP contribution in [0, 0.1) is 11.6 Å². The summed E-state index contributed by atoms with van der Waals surface area (Å²) >= 11 is 0. The summed E-state index contributed by atoms with van der Waals surface area (Å²) in [7, 11) is 1.59. The van der Waals surface area contributed by atoms with Crippen molar-refractivity contribution in [3.05, 3.63) is 35.9 Å². The number of hydrogen-bond donors (Lipinski definition) is 2. The molecule has 0 saturated carbocycles. The van der Waals surface area contributed by atoms with E-state index in [2.05, 4.69) is 38.9 Å². The van der Waals surface area contributed by atoms with E-state index in [4.69, 9.17) is 4.74 Å². The normalized spacial score (nSPS) is 15.5. The number of piperazine rings is 1. The van der Waals surface area contributed by atoms with E-state index in [-0.39, 0.29) is 11.2 Å². The Labute approximate surface area is 178 Å². The summed E-state index contributed by atoms with van der Waals surface area (Å²) in [5.41, 5.74) is 1.72. The van der Waals surface area contributed by atoms with Crippen LogP contribution in [-0.2, 0) is 0 Å². The molecule has 9 heteroatoms. The Morgan fingerprint density at radius 3 is 2.55 bits per heavy atom. The van der Waals surface area contributed by atoms with Crippen LogP contribution < -0.4 is 9.64 Å². The molecule has 1 saturated heterocycles. The second-order valence-electron chi connectivity index (χ2n) is 8.10. The van der Waals surface area contributed by atoms with Gasteiger partial charge in [-0.05, 0) is 32.0 Å². The number of anilines is 1.